The largest absolute Gasteiger partial charge is 0.488 e. The molecule has 1 aliphatic carbocycles. The molecule has 0 radical (unpaired) electrons. The second kappa shape index (κ2) is 27.6. The minimum Gasteiger partial charge on any atom is -0.488 e. The zero-order valence-corrected chi connectivity index (χ0v) is 42.5. The summed E-state index contributed by atoms with van der Waals surface area (Å²) in [5.74, 6) is 0.171. The Morgan fingerprint density at radius 3 is 1.86 bits per heavy atom. The fraction of sp³-hybridized carbons (Fsp3) is 0.463. The highest BCUT2D eigenvalue weighted by molar-refractivity contribution is 6.03. The molecule has 1 unspecified atom stereocenters. The lowest BCUT2D eigenvalue weighted by Crippen LogP contribution is -2.33. The molecule has 18 heteroatoms. The van der Waals surface area contributed by atoms with Gasteiger partial charge in [-0.1, -0.05) is 12.1 Å². The van der Waals surface area contributed by atoms with Crippen molar-refractivity contribution in [2.45, 2.75) is 45.1 Å². The third-order valence-corrected chi connectivity index (χ3v) is 12.3. The van der Waals surface area contributed by atoms with E-state index in [1.165, 1.54) is 28.4 Å². The standard InChI is InChI=1S/C54H68N4O14/c1-37-8-15-44-48(32-37)70-30-31-71-49-33-38(9-16-45(49)58(23-27-64-3)25-29-69-28-24-57(44)22-26-63-2)54-42-13-10-39(55-40(35-53(62)68-7)11-17-50(59)65-4)34-46(42)72-47-36-41(12-14-43(47)54)56(20-18-51(60)66-5)21-19-52(61)67-6/h8-10,12-16,32-34,36,40H,11,17-31,35H2,1-7H3/b55-39+. The van der Waals surface area contributed by atoms with E-state index in [0.717, 1.165) is 44.8 Å². The Balaban J connectivity index is 1.50. The number of esters is 4. The number of hydrogen-bond donors (Lipinski definition) is 0. The van der Waals surface area contributed by atoms with Gasteiger partial charge in [-0.3, -0.25) is 24.2 Å². The van der Waals surface area contributed by atoms with Gasteiger partial charge < -0.3 is 61.7 Å². The number of aryl methyl sites for hydroxylation is 1. The predicted octanol–water partition coefficient (Wildman–Crippen LogP) is 6.62. The van der Waals surface area contributed by atoms with Crippen molar-refractivity contribution in [2.24, 2.45) is 4.99 Å². The number of fused-ring (bicyclic) bond motifs is 4. The van der Waals surface area contributed by atoms with Crippen LogP contribution in [0.3, 0.4) is 0 Å². The molecule has 3 aromatic rings. The van der Waals surface area contributed by atoms with Gasteiger partial charge in [0, 0.05) is 94.2 Å². The Morgan fingerprint density at radius 2 is 1.25 bits per heavy atom. The lowest BCUT2D eigenvalue weighted by molar-refractivity contribution is -0.143. The fourth-order valence-electron chi connectivity index (χ4n) is 8.48. The minimum atomic E-state index is -0.591. The molecular formula is C54H68N4O14. The number of carbonyl (C=O) groups excluding carboxylic acids is 4. The van der Waals surface area contributed by atoms with Crippen molar-refractivity contribution in [3.8, 4) is 33.9 Å². The molecule has 0 aromatic heterocycles. The Labute approximate surface area is 420 Å². The zero-order chi connectivity index (χ0) is 51.4. The van der Waals surface area contributed by atoms with Gasteiger partial charge in [-0.05, 0) is 73.0 Å². The van der Waals surface area contributed by atoms with E-state index in [0.29, 0.717) is 80.7 Å². The molecule has 0 fully saturated rings. The number of carbonyl (C=O) groups is 4. The Bertz CT molecular complexity index is 2610. The summed E-state index contributed by atoms with van der Waals surface area (Å²) in [4.78, 5) is 60.6. The number of hydrogen-bond acceptors (Lipinski definition) is 18. The van der Waals surface area contributed by atoms with Gasteiger partial charge >= 0.3 is 23.9 Å². The van der Waals surface area contributed by atoms with E-state index in [-0.39, 0.29) is 58.4 Å². The molecule has 0 bridgehead atoms. The summed E-state index contributed by atoms with van der Waals surface area (Å²) in [6.45, 7) is 7.43. The summed E-state index contributed by atoms with van der Waals surface area (Å²) in [5, 5.41) is 1.29. The molecule has 2 aliphatic heterocycles. The second-order valence-corrected chi connectivity index (χ2v) is 17.1. The molecule has 3 aliphatic rings. The molecule has 1 atom stereocenters. The highest BCUT2D eigenvalue weighted by Crippen LogP contribution is 2.44. The van der Waals surface area contributed by atoms with E-state index in [4.69, 9.17) is 52.0 Å². The van der Waals surface area contributed by atoms with E-state index < -0.39 is 29.9 Å². The van der Waals surface area contributed by atoms with Crippen molar-refractivity contribution in [3.05, 3.63) is 83.7 Å². The van der Waals surface area contributed by atoms with Crippen molar-refractivity contribution in [3.63, 3.8) is 0 Å². The average Bonchev–Trinajstić information content (AvgIpc) is 3.39. The maximum absolute atomic E-state index is 12.5. The number of anilines is 3. The van der Waals surface area contributed by atoms with Crippen molar-refractivity contribution in [1.29, 1.82) is 0 Å². The molecule has 388 valence electrons. The zero-order valence-electron chi connectivity index (χ0n) is 42.5. The van der Waals surface area contributed by atoms with Gasteiger partial charge in [-0.15, -0.1) is 0 Å². The monoisotopic (exact) mass is 996 g/mol. The van der Waals surface area contributed by atoms with E-state index in [1.54, 1.807) is 20.3 Å². The molecular weight excluding hydrogens is 929 g/mol. The van der Waals surface area contributed by atoms with Gasteiger partial charge in [0.25, 0.3) is 0 Å². The first-order valence-corrected chi connectivity index (χ1v) is 24.1. The first-order valence-electron chi connectivity index (χ1n) is 24.1. The van der Waals surface area contributed by atoms with E-state index >= 15 is 0 Å². The first kappa shape index (κ1) is 54.4. The van der Waals surface area contributed by atoms with Crippen LogP contribution in [-0.4, -0.2) is 151 Å². The maximum Gasteiger partial charge on any atom is 0.307 e. The van der Waals surface area contributed by atoms with Gasteiger partial charge in [0.15, 0.2) is 0 Å². The highest BCUT2D eigenvalue weighted by Gasteiger charge is 2.24. The van der Waals surface area contributed by atoms with Crippen LogP contribution in [0.2, 0.25) is 0 Å². The van der Waals surface area contributed by atoms with Gasteiger partial charge in [-0.2, -0.15) is 0 Å². The van der Waals surface area contributed by atoms with Crippen molar-refractivity contribution in [2.75, 3.05) is 136 Å². The smallest absolute Gasteiger partial charge is 0.307 e. The number of benzene rings is 4. The van der Waals surface area contributed by atoms with Crippen LogP contribution in [0.5, 0.6) is 11.5 Å². The second-order valence-electron chi connectivity index (χ2n) is 17.1. The Hall–Kier alpha value is -6.89. The van der Waals surface area contributed by atoms with Crippen LogP contribution in [0.15, 0.2) is 82.2 Å². The normalized spacial score (nSPS) is 14.0. The number of nitrogens with zero attached hydrogens (tertiary/aromatic N) is 4. The predicted molar refractivity (Wildman–Crippen MR) is 272 cm³/mol. The summed E-state index contributed by atoms with van der Waals surface area (Å²) >= 11 is 0. The average molecular weight is 997 g/mol. The van der Waals surface area contributed by atoms with Crippen LogP contribution in [-0.2, 0) is 52.3 Å². The maximum atomic E-state index is 12.5. The summed E-state index contributed by atoms with van der Waals surface area (Å²) in [7, 11) is 8.66. The number of rotatable bonds is 20. The van der Waals surface area contributed by atoms with Crippen LogP contribution in [0.4, 0.5) is 17.1 Å². The molecule has 0 amide bonds. The molecule has 0 N–H and O–H groups in total. The topological polar surface area (TPSA) is 187 Å². The molecule has 18 nitrogen and oxygen atoms in total. The van der Waals surface area contributed by atoms with Crippen LogP contribution >= 0.6 is 0 Å². The SMILES string of the molecule is COCCN1CCOCCN(CCOC)c2ccc(-c3c4cc/c(=N\C(CCC(=O)OC)CC(=O)OC)cc-4oc4cc(N(CCC(=O)OC)CCC(=O)OC)ccc34)cc2OCCOc2cc(C)ccc21. The van der Waals surface area contributed by atoms with E-state index in [1.807, 2.05) is 60.4 Å². The molecule has 0 saturated heterocycles. The van der Waals surface area contributed by atoms with Gasteiger partial charge in [0.2, 0.25) is 0 Å². The van der Waals surface area contributed by atoms with E-state index in [9.17, 15) is 19.2 Å². The van der Waals surface area contributed by atoms with Crippen LogP contribution in [0.25, 0.3) is 33.4 Å². The lowest BCUT2D eigenvalue weighted by atomic mass is 9.93. The third kappa shape index (κ3) is 15.1. The van der Waals surface area contributed by atoms with Crippen molar-refractivity contribution in [1.82, 2.24) is 0 Å². The number of ether oxygens (including phenoxy) is 9. The van der Waals surface area contributed by atoms with Gasteiger partial charge in [0.1, 0.15) is 36.1 Å². The first-order chi connectivity index (χ1) is 35.0. The highest BCUT2D eigenvalue weighted by atomic mass is 16.5. The van der Waals surface area contributed by atoms with Gasteiger partial charge in [0.05, 0.1) is 96.9 Å². The summed E-state index contributed by atoms with van der Waals surface area (Å²) < 4.78 is 57.1. The van der Waals surface area contributed by atoms with Crippen LogP contribution < -0.4 is 29.5 Å². The van der Waals surface area contributed by atoms with E-state index in [2.05, 4.69) is 28.0 Å². The number of methoxy groups -OCH3 is 6. The molecule has 72 heavy (non-hydrogen) atoms. The Kier molecular flexibility index (Phi) is 20.9. The summed E-state index contributed by atoms with van der Waals surface area (Å²) in [6, 6.07) is 23.1. The summed E-state index contributed by atoms with van der Waals surface area (Å²) in [6.07, 6.45) is 0.423. The quantitative estimate of drug-likeness (QED) is 0.0459. The van der Waals surface area contributed by atoms with Gasteiger partial charge in [-0.25, -0.2) is 0 Å². The molecule has 0 spiro atoms. The molecule has 2 heterocycles. The third-order valence-electron chi connectivity index (χ3n) is 12.3. The summed E-state index contributed by atoms with van der Waals surface area (Å²) in [5.41, 5.74) is 6.48. The van der Waals surface area contributed by atoms with Crippen molar-refractivity contribution >= 4 is 51.9 Å². The Morgan fingerprint density at radius 1 is 0.653 bits per heavy atom. The molecule has 0 saturated carbocycles. The van der Waals surface area contributed by atoms with Crippen LogP contribution in [0, 0.1) is 6.92 Å². The minimum absolute atomic E-state index is 0.0470. The molecule has 6 rings (SSSR count). The van der Waals surface area contributed by atoms with Crippen LogP contribution in [0.1, 0.15) is 37.7 Å². The van der Waals surface area contributed by atoms with Crippen molar-refractivity contribution < 1.29 is 66.2 Å². The fourth-order valence-corrected chi connectivity index (χ4v) is 8.48. The molecule has 3 aromatic carbocycles. The lowest BCUT2D eigenvalue weighted by Gasteiger charge is -2.28.